The smallest absolute Gasteiger partial charge is 0.185 e. The van der Waals surface area contributed by atoms with Gasteiger partial charge in [-0.05, 0) is 30.8 Å². The topological polar surface area (TPSA) is 21.3 Å². The molecule has 3 rings (SSSR count). The fraction of sp³-hybridized carbons (Fsp3) is 0.350. The van der Waals surface area contributed by atoms with Crippen LogP contribution in [0.25, 0.3) is 0 Å². The highest BCUT2D eigenvalue weighted by Gasteiger charge is 2.45. The molecule has 2 nitrogen and oxygen atoms in total. The van der Waals surface area contributed by atoms with E-state index in [-0.39, 0.29) is 6.04 Å². The van der Waals surface area contributed by atoms with Crippen molar-refractivity contribution < 1.29 is 4.43 Å². The van der Waals surface area contributed by atoms with Crippen LogP contribution < -0.4 is 5.32 Å². The van der Waals surface area contributed by atoms with Gasteiger partial charge in [0.2, 0.25) is 0 Å². The van der Waals surface area contributed by atoms with Gasteiger partial charge < -0.3 is 9.74 Å². The van der Waals surface area contributed by atoms with Crippen molar-refractivity contribution in [1.29, 1.82) is 0 Å². The Bertz CT molecular complexity index is 576. The van der Waals surface area contributed by atoms with E-state index in [2.05, 4.69) is 92.2 Å². The van der Waals surface area contributed by atoms with Gasteiger partial charge in [-0.15, -0.1) is 0 Å². The lowest BCUT2D eigenvalue weighted by molar-refractivity contribution is 0.0649. The van der Waals surface area contributed by atoms with Crippen molar-refractivity contribution in [2.75, 3.05) is 0 Å². The van der Waals surface area contributed by atoms with Gasteiger partial charge in [0.05, 0.1) is 0 Å². The Morgan fingerprint density at radius 1 is 0.957 bits per heavy atom. The first-order chi connectivity index (χ1) is 11.0. The number of benzene rings is 2. The molecule has 1 heterocycles. The first kappa shape index (κ1) is 16.4. The van der Waals surface area contributed by atoms with E-state index in [1.807, 2.05) is 0 Å². The molecular weight excluding hydrogens is 298 g/mol. The Morgan fingerprint density at radius 3 is 1.87 bits per heavy atom. The van der Waals surface area contributed by atoms with Gasteiger partial charge in [0.15, 0.2) is 8.32 Å². The third kappa shape index (κ3) is 3.42. The van der Waals surface area contributed by atoms with Crippen LogP contribution in [0.5, 0.6) is 0 Å². The van der Waals surface area contributed by atoms with Gasteiger partial charge in [0.25, 0.3) is 0 Å². The predicted octanol–water partition coefficient (Wildman–Crippen LogP) is 4.70. The van der Waals surface area contributed by atoms with Crippen LogP contribution in [0.4, 0.5) is 0 Å². The lowest BCUT2D eigenvalue weighted by Gasteiger charge is -2.46. The van der Waals surface area contributed by atoms with Crippen molar-refractivity contribution in [2.24, 2.45) is 0 Å². The maximum Gasteiger partial charge on any atom is 0.185 e. The zero-order chi connectivity index (χ0) is 16.3. The highest BCUT2D eigenvalue weighted by atomic mass is 28.4. The fourth-order valence-corrected chi connectivity index (χ4v) is 4.84. The molecular formula is C20H26NOSi-. The molecule has 122 valence electrons. The molecule has 0 spiro atoms. The minimum Gasteiger partial charge on any atom is -0.464 e. The van der Waals surface area contributed by atoms with Crippen molar-refractivity contribution >= 4 is 8.32 Å². The van der Waals surface area contributed by atoms with Gasteiger partial charge in [0.1, 0.15) is 5.60 Å². The molecule has 2 aromatic rings. The minimum absolute atomic E-state index is 0.263. The average molecular weight is 325 g/mol. The summed E-state index contributed by atoms with van der Waals surface area (Å²) in [5, 5.41) is 3.59. The summed E-state index contributed by atoms with van der Waals surface area (Å²) >= 11 is 0. The largest absolute Gasteiger partial charge is 0.464 e. The molecule has 0 aliphatic carbocycles. The van der Waals surface area contributed by atoms with Crippen LogP contribution in [0.15, 0.2) is 60.7 Å². The maximum absolute atomic E-state index is 6.94. The number of nitrogens with one attached hydrogen (secondary N) is 1. The Balaban J connectivity index is 2.20. The Hall–Kier alpha value is -1.42. The SMILES string of the molecule is C[Si](C)(C)OC(c1ccccc1)(c1ccccc1)[C@@H]1CC[CH-]N1. The van der Waals surface area contributed by atoms with Gasteiger partial charge >= 0.3 is 0 Å². The van der Waals surface area contributed by atoms with Crippen LogP contribution >= 0.6 is 0 Å². The van der Waals surface area contributed by atoms with Gasteiger partial charge in [-0.2, -0.15) is 6.42 Å². The van der Waals surface area contributed by atoms with Crippen LogP contribution in [0.1, 0.15) is 24.0 Å². The summed E-state index contributed by atoms with van der Waals surface area (Å²) in [6.45, 7) is 8.99. The van der Waals surface area contributed by atoms with E-state index in [1.165, 1.54) is 11.1 Å². The Kier molecular flexibility index (Phi) is 4.71. The van der Waals surface area contributed by atoms with E-state index >= 15 is 0 Å². The molecule has 2 aromatic carbocycles. The van der Waals surface area contributed by atoms with Crippen molar-refractivity contribution in [3.8, 4) is 0 Å². The van der Waals surface area contributed by atoms with Gasteiger partial charge in [0, 0.05) is 6.04 Å². The lowest BCUT2D eigenvalue weighted by atomic mass is 9.79. The van der Waals surface area contributed by atoms with Crippen molar-refractivity contribution in [3.63, 3.8) is 0 Å². The Labute approximate surface area is 141 Å². The second kappa shape index (κ2) is 6.60. The number of hydrogen-bond acceptors (Lipinski definition) is 2. The molecule has 1 aliphatic heterocycles. The molecule has 0 aromatic heterocycles. The van der Waals surface area contributed by atoms with Crippen LogP contribution in [-0.2, 0) is 10.0 Å². The molecule has 1 N–H and O–H groups in total. The summed E-state index contributed by atoms with van der Waals surface area (Å²) in [5.41, 5.74) is 2.04. The second-order valence-corrected chi connectivity index (χ2v) is 11.6. The molecule has 1 saturated heterocycles. The minimum atomic E-state index is -1.78. The predicted molar refractivity (Wildman–Crippen MR) is 98.6 cm³/mol. The van der Waals surface area contributed by atoms with Gasteiger partial charge in [-0.25, -0.2) is 0 Å². The van der Waals surface area contributed by atoms with E-state index < -0.39 is 13.9 Å². The van der Waals surface area contributed by atoms with Crippen molar-refractivity contribution in [1.82, 2.24) is 5.32 Å². The third-order valence-corrected chi connectivity index (χ3v) is 5.22. The highest BCUT2D eigenvalue weighted by Crippen LogP contribution is 2.42. The van der Waals surface area contributed by atoms with Gasteiger partial charge in [-0.1, -0.05) is 67.1 Å². The van der Waals surface area contributed by atoms with Crippen LogP contribution in [0.3, 0.4) is 0 Å². The zero-order valence-corrected chi connectivity index (χ0v) is 15.3. The van der Waals surface area contributed by atoms with Gasteiger partial charge in [-0.3, -0.25) is 6.54 Å². The third-order valence-electron chi connectivity index (χ3n) is 4.28. The molecule has 3 heteroatoms. The summed E-state index contributed by atoms with van der Waals surface area (Å²) in [7, 11) is -1.78. The maximum atomic E-state index is 6.94. The van der Waals surface area contributed by atoms with Crippen LogP contribution in [0, 0.1) is 6.54 Å². The van der Waals surface area contributed by atoms with E-state index in [0.717, 1.165) is 12.8 Å². The van der Waals surface area contributed by atoms with E-state index in [1.54, 1.807) is 0 Å². The average Bonchev–Trinajstić information content (AvgIpc) is 3.08. The first-order valence-electron chi connectivity index (χ1n) is 8.41. The van der Waals surface area contributed by atoms with E-state index in [9.17, 15) is 0 Å². The van der Waals surface area contributed by atoms with Crippen LogP contribution in [0.2, 0.25) is 19.6 Å². The monoisotopic (exact) mass is 324 g/mol. The summed E-state index contributed by atoms with van der Waals surface area (Å²) in [5.74, 6) is 0. The fourth-order valence-electron chi connectivity index (χ4n) is 3.49. The molecule has 1 aliphatic rings. The number of rotatable bonds is 5. The molecule has 0 radical (unpaired) electrons. The number of hydrogen-bond donors (Lipinski definition) is 1. The Morgan fingerprint density at radius 2 is 1.48 bits per heavy atom. The van der Waals surface area contributed by atoms with Crippen LogP contribution in [-0.4, -0.2) is 14.4 Å². The lowest BCUT2D eigenvalue weighted by Crippen LogP contribution is -2.52. The standard InChI is InChI=1S/C20H26NOSi/c1-23(2,3)22-20(19-15-10-16-21-19,17-11-6-4-7-12-17)18-13-8-5-9-14-18/h4-9,11-14,16,19,21H,10,15H2,1-3H3/q-1/t19-/m0/s1. The molecule has 23 heavy (non-hydrogen) atoms. The zero-order valence-electron chi connectivity index (χ0n) is 14.3. The van der Waals surface area contributed by atoms with Crippen molar-refractivity contribution in [3.05, 3.63) is 78.3 Å². The molecule has 1 atom stereocenters. The van der Waals surface area contributed by atoms with Crippen molar-refractivity contribution in [2.45, 2.75) is 44.1 Å². The quantitative estimate of drug-likeness (QED) is 0.636. The van der Waals surface area contributed by atoms with E-state index in [4.69, 9.17) is 4.43 Å². The first-order valence-corrected chi connectivity index (χ1v) is 11.8. The molecule has 1 fully saturated rings. The summed E-state index contributed by atoms with van der Waals surface area (Å²) in [6.07, 6.45) is 2.18. The molecule has 0 saturated carbocycles. The van der Waals surface area contributed by atoms with E-state index in [0.29, 0.717) is 0 Å². The summed E-state index contributed by atoms with van der Waals surface area (Å²) < 4.78 is 6.94. The molecule has 0 unspecified atom stereocenters. The molecule has 0 bridgehead atoms. The second-order valence-electron chi connectivity index (χ2n) is 7.18. The normalized spacial score (nSPS) is 19.0. The summed E-state index contributed by atoms with van der Waals surface area (Å²) in [4.78, 5) is 0. The highest BCUT2D eigenvalue weighted by molar-refractivity contribution is 6.69. The molecule has 0 amide bonds. The summed E-state index contributed by atoms with van der Waals surface area (Å²) in [6, 6.07) is 21.7.